The van der Waals surface area contributed by atoms with Crippen molar-refractivity contribution in [2.24, 2.45) is 0 Å². The summed E-state index contributed by atoms with van der Waals surface area (Å²) >= 11 is 0. The Morgan fingerprint density at radius 2 is 2.47 bits per heavy atom. The van der Waals surface area contributed by atoms with Crippen LogP contribution in [0.25, 0.3) is 0 Å². The van der Waals surface area contributed by atoms with E-state index in [2.05, 4.69) is 6.92 Å². The predicted molar refractivity (Wildman–Crippen MR) is 64.8 cm³/mol. The van der Waals surface area contributed by atoms with Crippen molar-refractivity contribution in [3.05, 3.63) is 35.8 Å². The topological polar surface area (TPSA) is 39.4 Å². The fraction of sp³-hybridized carbons (Fsp3) is 0.500. The van der Waals surface area contributed by atoms with E-state index in [-0.39, 0.29) is 11.4 Å². The Labute approximate surface area is 101 Å². The van der Waals surface area contributed by atoms with Gasteiger partial charge < -0.3 is 9.15 Å². The molecule has 0 spiro atoms. The fourth-order valence-corrected chi connectivity index (χ4v) is 2.39. The first-order chi connectivity index (χ1) is 8.15. The van der Waals surface area contributed by atoms with Crippen LogP contribution in [0.15, 0.2) is 28.9 Å². The molecular formula is C14H18O3. The third-order valence-corrected chi connectivity index (χ3v) is 3.28. The zero-order chi connectivity index (χ0) is 12.3. The fourth-order valence-electron chi connectivity index (χ4n) is 2.39. The maximum Gasteiger partial charge on any atom is 0.330 e. The van der Waals surface area contributed by atoms with Crippen molar-refractivity contribution in [2.45, 2.75) is 38.5 Å². The highest BCUT2D eigenvalue weighted by atomic mass is 16.5. The van der Waals surface area contributed by atoms with Crippen LogP contribution in [-0.4, -0.2) is 12.6 Å². The molecule has 1 atom stereocenters. The number of ether oxygens (including phenoxy) is 1. The molecule has 0 aromatic carbocycles. The summed E-state index contributed by atoms with van der Waals surface area (Å²) in [5, 5.41) is 0. The van der Waals surface area contributed by atoms with Gasteiger partial charge >= 0.3 is 5.97 Å². The van der Waals surface area contributed by atoms with Crippen LogP contribution in [0.3, 0.4) is 0 Å². The summed E-state index contributed by atoms with van der Waals surface area (Å²) in [6.07, 6.45) is 8.34. The first-order valence-corrected chi connectivity index (χ1v) is 6.08. The zero-order valence-corrected chi connectivity index (χ0v) is 10.4. The van der Waals surface area contributed by atoms with Crippen molar-refractivity contribution in [1.29, 1.82) is 0 Å². The zero-order valence-electron chi connectivity index (χ0n) is 10.4. The summed E-state index contributed by atoms with van der Waals surface area (Å²) < 4.78 is 10.5. The molecule has 0 bridgehead atoms. The molecule has 0 aliphatic heterocycles. The minimum Gasteiger partial charge on any atom is -0.468 e. The summed E-state index contributed by atoms with van der Waals surface area (Å²) in [6.45, 7) is 4.31. The van der Waals surface area contributed by atoms with Gasteiger partial charge in [-0.2, -0.15) is 0 Å². The Morgan fingerprint density at radius 3 is 3.24 bits per heavy atom. The highest BCUT2D eigenvalue weighted by Crippen LogP contribution is 2.38. The number of carbonyl (C=O) groups excluding carboxylic acids is 1. The number of allylic oxidation sites excluding steroid dienone is 1. The second kappa shape index (κ2) is 4.78. The average molecular weight is 234 g/mol. The number of rotatable bonds is 3. The average Bonchev–Trinajstić information content (AvgIpc) is 2.77. The van der Waals surface area contributed by atoms with E-state index in [9.17, 15) is 4.79 Å². The molecule has 0 N–H and O–H groups in total. The van der Waals surface area contributed by atoms with Gasteiger partial charge in [-0.1, -0.05) is 6.08 Å². The van der Waals surface area contributed by atoms with Crippen molar-refractivity contribution < 1.29 is 13.9 Å². The van der Waals surface area contributed by atoms with Gasteiger partial charge in [-0.15, -0.1) is 0 Å². The van der Waals surface area contributed by atoms with Gasteiger partial charge in [0.1, 0.15) is 5.76 Å². The maximum atomic E-state index is 11.3. The van der Waals surface area contributed by atoms with Gasteiger partial charge in [0.2, 0.25) is 0 Å². The van der Waals surface area contributed by atoms with Crippen LogP contribution in [0.1, 0.15) is 38.0 Å². The number of furan rings is 1. The number of aryl methyl sites for hydroxylation is 1. The second-order valence-corrected chi connectivity index (χ2v) is 4.63. The van der Waals surface area contributed by atoms with E-state index in [4.69, 9.17) is 9.15 Å². The lowest BCUT2D eigenvalue weighted by Gasteiger charge is -2.29. The van der Waals surface area contributed by atoms with Crippen LogP contribution in [0.5, 0.6) is 0 Å². The molecular weight excluding hydrogens is 216 g/mol. The van der Waals surface area contributed by atoms with Crippen molar-refractivity contribution in [2.75, 3.05) is 6.61 Å². The lowest BCUT2D eigenvalue weighted by atomic mass is 9.75. The minimum absolute atomic E-state index is 0.177. The van der Waals surface area contributed by atoms with E-state index >= 15 is 0 Å². The Kier molecular flexibility index (Phi) is 3.36. The van der Waals surface area contributed by atoms with E-state index in [1.807, 2.05) is 12.1 Å². The van der Waals surface area contributed by atoms with Crippen molar-refractivity contribution in [3.63, 3.8) is 0 Å². The summed E-state index contributed by atoms with van der Waals surface area (Å²) in [4.78, 5) is 11.3. The quantitative estimate of drug-likeness (QED) is 0.596. The first kappa shape index (κ1) is 12.0. The largest absolute Gasteiger partial charge is 0.468 e. The molecule has 0 saturated heterocycles. The van der Waals surface area contributed by atoms with Crippen LogP contribution < -0.4 is 0 Å². The van der Waals surface area contributed by atoms with Crippen LogP contribution in [-0.2, 0) is 21.4 Å². The Balaban J connectivity index is 2.18. The molecule has 0 unspecified atom stereocenters. The Bertz CT molecular complexity index is 430. The summed E-state index contributed by atoms with van der Waals surface area (Å²) in [7, 11) is 0. The standard InChI is InChI=1S/C14H18O3/c1-3-16-12(15)6-9-14(2)8-4-5-11-7-10-17-13(11)14/h6-7,9-10H,3-5,8H2,1-2H3/b9-6+/t14-/m0/s1. The van der Waals surface area contributed by atoms with Gasteiger partial charge in [0, 0.05) is 11.5 Å². The lowest BCUT2D eigenvalue weighted by Crippen LogP contribution is -2.24. The number of hydrogen-bond donors (Lipinski definition) is 0. The molecule has 1 aliphatic rings. The third kappa shape index (κ3) is 2.43. The predicted octanol–water partition coefficient (Wildman–Crippen LogP) is 2.99. The summed E-state index contributed by atoms with van der Waals surface area (Å²) in [5.41, 5.74) is 1.08. The molecule has 17 heavy (non-hydrogen) atoms. The van der Waals surface area contributed by atoms with Crippen LogP contribution in [0.2, 0.25) is 0 Å². The highest BCUT2D eigenvalue weighted by molar-refractivity contribution is 5.82. The smallest absolute Gasteiger partial charge is 0.330 e. The molecule has 1 heterocycles. The molecule has 0 saturated carbocycles. The molecule has 0 radical (unpaired) electrons. The molecule has 0 fully saturated rings. The Hall–Kier alpha value is -1.51. The SMILES string of the molecule is CCOC(=O)/C=C/[C@]1(C)CCCc2ccoc21. The molecule has 1 aromatic heterocycles. The maximum absolute atomic E-state index is 11.3. The normalized spacial score (nSPS) is 23.6. The van der Waals surface area contributed by atoms with E-state index in [0.717, 1.165) is 25.0 Å². The molecule has 3 nitrogen and oxygen atoms in total. The van der Waals surface area contributed by atoms with Crippen molar-refractivity contribution >= 4 is 5.97 Å². The number of hydrogen-bond acceptors (Lipinski definition) is 3. The van der Waals surface area contributed by atoms with Gasteiger partial charge in [-0.25, -0.2) is 4.79 Å². The number of carbonyl (C=O) groups is 1. The third-order valence-electron chi connectivity index (χ3n) is 3.28. The second-order valence-electron chi connectivity index (χ2n) is 4.63. The van der Waals surface area contributed by atoms with Gasteiger partial charge in [-0.05, 0) is 44.7 Å². The number of fused-ring (bicyclic) bond motifs is 1. The molecule has 1 aliphatic carbocycles. The van der Waals surface area contributed by atoms with Gasteiger partial charge in [0.25, 0.3) is 0 Å². The van der Waals surface area contributed by atoms with E-state index in [1.165, 1.54) is 11.6 Å². The molecule has 2 rings (SSSR count). The van der Waals surface area contributed by atoms with Crippen molar-refractivity contribution in [1.82, 2.24) is 0 Å². The van der Waals surface area contributed by atoms with Gasteiger partial charge in [0.15, 0.2) is 0 Å². The van der Waals surface area contributed by atoms with Gasteiger partial charge in [0.05, 0.1) is 12.9 Å². The van der Waals surface area contributed by atoms with Crippen LogP contribution in [0.4, 0.5) is 0 Å². The Morgan fingerprint density at radius 1 is 1.65 bits per heavy atom. The lowest BCUT2D eigenvalue weighted by molar-refractivity contribution is -0.137. The summed E-state index contributed by atoms with van der Waals surface area (Å²) in [5.74, 6) is 0.705. The van der Waals surface area contributed by atoms with Gasteiger partial charge in [-0.3, -0.25) is 0 Å². The van der Waals surface area contributed by atoms with Crippen LogP contribution in [0, 0.1) is 0 Å². The van der Waals surface area contributed by atoms with E-state index < -0.39 is 0 Å². The van der Waals surface area contributed by atoms with Crippen molar-refractivity contribution in [3.8, 4) is 0 Å². The highest BCUT2D eigenvalue weighted by Gasteiger charge is 2.32. The summed E-state index contributed by atoms with van der Waals surface area (Å²) in [6, 6.07) is 2.02. The van der Waals surface area contributed by atoms with E-state index in [0.29, 0.717) is 6.61 Å². The molecule has 92 valence electrons. The molecule has 1 aromatic rings. The van der Waals surface area contributed by atoms with Crippen LogP contribution >= 0.6 is 0 Å². The molecule has 0 amide bonds. The monoisotopic (exact) mass is 234 g/mol. The first-order valence-electron chi connectivity index (χ1n) is 6.08. The van der Waals surface area contributed by atoms with E-state index in [1.54, 1.807) is 13.2 Å². The minimum atomic E-state index is -0.285. The molecule has 3 heteroatoms. The number of esters is 1.